The van der Waals surface area contributed by atoms with Gasteiger partial charge in [0.1, 0.15) is 0 Å². The summed E-state index contributed by atoms with van der Waals surface area (Å²) in [6, 6.07) is 0. The van der Waals surface area contributed by atoms with Crippen molar-refractivity contribution >= 4 is 11.3 Å². The van der Waals surface area contributed by atoms with Crippen molar-refractivity contribution in [1.29, 1.82) is 0 Å². The fourth-order valence-electron chi connectivity index (χ4n) is 2.26. The molecular weight excluding hydrogens is 178 g/mol. The lowest BCUT2D eigenvalue weighted by atomic mass is 9.79. The van der Waals surface area contributed by atoms with Crippen molar-refractivity contribution in [3.05, 3.63) is 16.1 Å². The molecule has 1 heterocycles. The van der Waals surface area contributed by atoms with Gasteiger partial charge in [-0.25, -0.2) is 4.98 Å². The zero-order chi connectivity index (χ0) is 9.42. The summed E-state index contributed by atoms with van der Waals surface area (Å²) in [5, 5.41) is 0. The van der Waals surface area contributed by atoms with Gasteiger partial charge in [0, 0.05) is 10.8 Å². The molecule has 72 valence electrons. The summed E-state index contributed by atoms with van der Waals surface area (Å²) in [6.45, 7) is 6.95. The third-order valence-corrected chi connectivity index (χ3v) is 4.21. The second-order valence-electron chi connectivity index (χ2n) is 4.43. The van der Waals surface area contributed by atoms with Crippen molar-refractivity contribution in [2.45, 2.75) is 45.4 Å². The van der Waals surface area contributed by atoms with Gasteiger partial charge in [-0.2, -0.15) is 0 Å². The summed E-state index contributed by atoms with van der Waals surface area (Å²) in [4.78, 5) is 6.07. The lowest BCUT2D eigenvalue weighted by Crippen LogP contribution is -2.15. The lowest BCUT2D eigenvalue weighted by Gasteiger charge is -2.28. The second-order valence-corrected chi connectivity index (χ2v) is 5.32. The molecule has 0 spiro atoms. The maximum atomic E-state index is 4.53. The zero-order valence-electron chi connectivity index (χ0n) is 8.58. The Labute approximate surface area is 84.2 Å². The van der Waals surface area contributed by atoms with E-state index in [1.807, 2.05) is 16.8 Å². The monoisotopic (exact) mass is 195 g/mol. The minimum Gasteiger partial charge on any atom is -0.249 e. The molecule has 0 aromatic carbocycles. The molecule has 0 saturated heterocycles. The molecule has 1 aliphatic carbocycles. The Balaban J connectivity index is 2.35. The Hall–Kier alpha value is -0.370. The average molecular weight is 195 g/mol. The fraction of sp³-hybridized carbons (Fsp3) is 0.727. The summed E-state index contributed by atoms with van der Waals surface area (Å²) in [5.74, 6) is 2.21. The number of rotatable bonds is 1. The van der Waals surface area contributed by atoms with E-state index in [1.54, 1.807) is 4.88 Å². The number of thiazole rings is 1. The molecule has 1 nitrogen and oxygen atoms in total. The van der Waals surface area contributed by atoms with Crippen LogP contribution in [-0.2, 0) is 0 Å². The predicted octanol–water partition coefficient (Wildman–Crippen LogP) is 3.78. The highest BCUT2D eigenvalue weighted by Crippen LogP contribution is 2.42. The molecule has 0 bridgehead atoms. The third-order valence-electron chi connectivity index (χ3n) is 3.14. The van der Waals surface area contributed by atoms with Crippen LogP contribution in [0.1, 0.15) is 56.0 Å². The first kappa shape index (κ1) is 9.20. The highest BCUT2D eigenvalue weighted by Gasteiger charge is 2.28. The Bertz CT molecular complexity index is 290. The SMILES string of the molecule is CC(C)[C@H]1CC[C@H](C)c2scnc21. The van der Waals surface area contributed by atoms with Crippen LogP contribution in [0.2, 0.25) is 0 Å². The van der Waals surface area contributed by atoms with Crippen LogP contribution in [0, 0.1) is 5.92 Å². The molecule has 1 aromatic heterocycles. The van der Waals surface area contributed by atoms with Gasteiger partial charge in [0.05, 0.1) is 11.2 Å². The third kappa shape index (κ3) is 1.52. The van der Waals surface area contributed by atoms with E-state index in [0.717, 1.165) is 17.8 Å². The highest BCUT2D eigenvalue weighted by atomic mass is 32.1. The largest absolute Gasteiger partial charge is 0.249 e. The van der Waals surface area contributed by atoms with Crippen LogP contribution in [-0.4, -0.2) is 4.98 Å². The number of fused-ring (bicyclic) bond motifs is 1. The predicted molar refractivity (Wildman–Crippen MR) is 57.3 cm³/mol. The van der Waals surface area contributed by atoms with Crippen molar-refractivity contribution in [2.24, 2.45) is 5.92 Å². The second kappa shape index (κ2) is 3.41. The van der Waals surface area contributed by atoms with Gasteiger partial charge in [-0.05, 0) is 24.7 Å². The lowest BCUT2D eigenvalue weighted by molar-refractivity contribution is 0.406. The van der Waals surface area contributed by atoms with Crippen LogP contribution in [0.5, 0.6) is 0 Å². The van der Waals surface area contributed by atoms with Gasteiger partial charge in [0.15, 0.2) is 0 Å². The quantitative estimate of drug-likeness (QED) is 0.664. The van der Waals surface area contributed by atoms with Crippen molar-refractivity contribution < 1.29 is 0 Å². The number of hydrogen-bond donors (Lipinski definition) is 0. The van der Waals surface area contributed by atoms with Crippen molar-refractivity contribution in [2.75, 3.05) is 0 Å². The molecule has 0 aliphatic heterocycles. The van der Waals surface area contributed by atoms with Gasteiger partial charge in [-0.3, -0.25) is 0 Å². The first-order chi connectivity index (χ1) is 6.20. The van der Waals surface area contributed by atoms with E-state index in [2.05, 4.69) is 25.8 Å². The molecule has 0 N–H and O–H groups in total. The van der Waals surface area contributed by atoms with E-state index in [4.69, 9.17) is 0 Å². The molecule has 2 rings (SSSR count). The minimum atomic E-state index is 0.720. The van der Waals surface area contributed by atoms with Gasteiger partial charge >= 0.3 is 0 Å². The van der Waals surface area contributed by atoms with Crippen LogP contribution in [0.15, 0.2) is 5.51 Å². The molecule has 0 radical (unpaired) electrons. The van der Waals surface area contributed by atoms with Crippen molar-refractivity contribution in [3.8, 4) is 0 Å². The van der Waals surface area contributed by atoms with E-state index in [-0.39, 0.29) is 0 Å². The molecule has 0 amide bonds. The molecule has 0 fully saturated rings. The Morgan fingerprint density at radius 3 is 2.92 bits per heavy atom. The van der Waals surface area contributed by atoms with Gasteiger partial charge in [0.25, 0.3) is 0 Å². The number of aromatic nitrogens is 1. The fourth-order valence-corrected chi connectivity index (χ4v) is 3.21. The van der Waals surface area contributed by atoms with Gasteiger partial charge in [-0.1, -0.05) is 20.8 Å². The van der Waals surface area contributed by atoms with E-state index in [1.165, 1.54) is 18.5 Å². The molecule has 0 unspecified atom stereocenters. The van der Waals surface area contributed by atoms with Crippen LogP contribution < -0.4 is 0 Å². The Morgan fingerprint density at radius 2 is 2.23 bits per heavy atom. The molecule has 13 heavy (non-hydrogen) atoms. The first-order valence-corrected chi connectivity index (χ1v) is 6.01. The van der Waals surface area contributed by atoms with E-state index < -0.39 is 0 Å². The molecule has 0 saturated carbocycles. The van der Waals surface area contributed by atoms with Gasteiger partial charge in [0.2, 0.25) is 0 Å². The maximum Gasteiger partial charge on any atom is 0.0797 e. The topological polar surface area (TPSA) is 12.9 Å². The molecule has 2 heteroatoms. The summed E-state index contributed by atoms with van der Waals surface area (Å²) in [5.41, 5.74) is 3.42. The molecular formula is C11H17NS. The van der Waals surface area contributed by atoms with E-state index in [0.29, 0.717) is 0 Å². The van der Waals surface area contributed by atoms with Crippen molar-refractivity contribution in [3.63, 3.8) is 0 Å². The molecule has 1 aliphatic rings. The zero-order valence-corrected chi connectivity index (χ0v) is 9.40. The highest BCUT2D eigenvalue weighted by molar-refractivity contribution is 7.09. The van der Waals surface area contributed by atoms with Crippen LogP contribution in [0.25, 0.3) is 0 Å². The van der Waals surface area contributed by atoms with Crippen LogP contribution in [0.3, 0.4) is 0 Å². The van der Waals surface area contributed by atoms with Crippen LogP contribution in [0.4, 0.5) is 0 Å². The average Bonchev–Trinajstić information content (AvgIpc) is 2.53. The van der Waals surface area contributed by atoms with Crippen molar-refractivity contribution in [1.82, 2.24) is 4.98 Å². The molecule has 2 atom stereocenters. The normalized spacial score (nSPS) is 27.7. The summed E-state index contributed by atoms with van der Waals surface area (Å²) in [6.07, 6.45) is 2.67. The maximum absolute atomic E-state index is 4.53. The number of nitrogens with zero attached hydrogens (tertiary/aromatic N) is 1. The minimum absolute atomic E-state index is 0.720. The smallest absolute Gasteiger partial charge is 0.0797 e. The first-order valence-electron chi connectivity index (χ1n) is 5.13. The van der Waals surface area contributed by atoms with Crippen LogP contribution >= 0.6 is 11.3 Å². The number of hydrogen-bond acceptors (Lipinski definition) is 2. The summed E-state index contributed by atoms with van der Waals surface area (Å²) in [7, 11) is 0. The van der Waals surface area contributed by atoms with E-state index >= 15 is 0 Å². The molecule has 1 aromatic rings. The van der Waals surface area contributed by atoms with Gasteiger partial charge < -0.3 is 0 Å². The Morgan fingerprint density at radius 1 is 1.46 bits per heavy atom. The van der Waals surface area contributed by atoms with E-state index in [9.17, 15) is 0 Å². The van der Waals surface area contributed by atoms with Gasteiger partial charge in [-0.15, -0.1) is 11.3 Å². The summed E-state index contributed by atoms with van der Waals surface area (Å²) < 4.78 is 0. The standard InChI is InChI=1S/C11H17NS/c1-7(2)9-5-4-8(3)11-10(9)12-6-13-11/h6-9H,4-5H2,1-3H3/t8-,9+/m0/s1. The Kier molecular flexibility index (Phi) is 2.41. The summed E-state index contributed by atoms with van der Waals surface area (Å²) >= 11 is 1.84.